The molecule has 0 aromatic heterocycles. The van der Waals surface area contributed by atoms with Gasteiger partial charge < -0.3 is 14.8 Å². The quantitative estimate of drug-likeness (QED) is 0.788. The molecule has 1 atom stereocenters. The number of anilines is 1. The lowest BCUT2D eigenvalue weighted by molar-refractivity contribution is -0.122. The number of rotatable bonds is 7. The number of nitrogens with one attached hydrogen (secondary N) is 1. The number of hydrogen-bond donors (Lipinski definition) is 1. The van der Waals surface area contributed by atoms with E-state index in [2.05, 4.69) is 5.32 Å². The van der Waals surface area contributed by atoms with Crippen molar-refractivity contribution in [1.29, 1.82) is 0 Å². The number of Topliss-reactive ketones (excluding diaryl/α,β-unsaturated/α-hetero) is 1. The third-order valence-corrected chi connectivity index (χ3v) is 3.36. The van der Waals surface area contributed by atoms with Gasteiger partial charge in [-0.15, -0.1) is 0 Å². The average molecular weight is 327 g/mol. The van der Waals surface area contributed by atoms with Crippen molar-refractivity contribution in [2.24, 2.45) is 0 Å². The molecule has 24 heavy (non-hydrogen) atoms. The minimum Gasteiger partial charge on any atom is -0.494 e. The Morgan fingerprint density at radius 3 is 2.42 bits per heavy atom. The van der Waals surface area contributed by atoms with Crippen molar-refractivity contribution in [3.8, 4) is 11.5 Å². The van der Waals surface area contributed by atoms with Crippen molar-refractivity contribution in [2.45, 2.75) is 26.9 Å². The van der Waals surface area contributed by atoms with E-state index in [0.29, 0.717) is 23.6 Å². The lowest BCUT2D eigenvalue weighted by Crippen LogP contribution is -2.30. The number of hydrogen-bond acceptors (Lipinski definition) is 4. The van der Waals surface area contributed by atoms with Gasteiger partial charge in [0.1, 0.15) is 11.5 Å². The monoisotopic (exact) mass is 327 g/mol. The topological polar surface area (TPSA) is 64.6 Å². The van der Waals surface area contributed by atoms with Gasteiger partial charge in [0.25, 0.3) is 5.91 Å². The van der Waals surface area contributed by atoms with Crippen LogP contribution in [0.25, 0.3) is 0 Å². The van der Waals surface area contributed by atoms with Crippen LogP contribution in [0.1, 0.15) is 31.1 Å². The Kier molecular flexibility index (Phi) is 5.95. The molecule has 2 aromatic carbocycles. The van der Waals surface area contributed by atoms with E-state index in [1.54, 1.807) is 55.5 Å². The number of carbonyl (C=O) groups excluding carboxylic acids is 2. The number of benzene rings is 2. The summed E-state index contributed by atoms with van der Waals surface area (Å²) < 4.78 is 11.0. The Hall–Kier alpha value is -2.82. The lowest BCUT2D eigenvalue weighted by atomic mass is 10.1. The first kappa shape index (κ1) is 17.5. The molecule has 0 bridgehead atoms. The summed E-state index contributed by atoms with van der Waals surface area (Å²) in [6.07, 6.45) is -0.696. The maximum Gasteiger partial charge on any atom is 0.265 e. The minimum absolute atomic E-state index is 0.0491. The van der Waals surface area contributed by atoms with E-state index >= 15 is 0 Å². The maximum absolute atomic E-state index is 12.2. The SMILES string of the molecule is CCOc1ccc(NC(=O)[C@@H](C)Oc2cccc(C(C)=O)c2)cc1. The number of amides is 1. The molecule has 5 nitrogen and oxygen atoms in total. The molecule has 1 amide bonds. The fourth-order valence-electron chi connectivity index (χ4n) is 2.09. The third kappa shape index (κ3) is 4.84. The van der Waals surface area contributed by atoms with E-state index in [-0.39, 0.29) is 11.7 Å². The van der Waals surface area contributed by atoms with Crippen LogP contribution in [0.3, 0.4) is 0 Å². The molecule has 0 saturated carbocycles. The van der Waals surface area contributed by atoms with Gasteiger partial charge in [-0.1, -0.05) is 12.1 Å². The predicted molar refractivity (Wildman–Crippen MR) is 92.8 cm³/mol. The number of ketones is 1. The first-order chi connectivity index (χ1) is 11.5. The molecule has 0 aliphatic heterocycles. The standard InChI is InChI=1S/C19H21NO4/c1-4-23-17-10-8-16(9-11-17)20-19(22)14(3)24-18-7-5-6-15(12-18)13(2)21/h5-12,14H,4H2,1-3H3,(H,20,22)/t14-/m1/s1. The second-order valence-electron chi connectivity index (χ2n) is 5.29. The summed E-state index contributed by atoms with van der Waals surface area (Å²) in [5, 5.41) is 2.78. The van der Waals surface area contributed by atoms with Gasteiger partial charge in [-0.3, -0.25) is 9.59 Å². The van der Waals surface area contributed by atoms with E-state index in [1.807, 2.05) is 6.92 Å². The van der Waals surface area contributed by atoms with Gasteiger partial charge in [0, 0.05) is 11.3 Å². The van der Waals surface area contributed by atoms with Crippen LogP contribution in [0.2, 0.25) is 0 Å². The Morgan fingerprint density at radius 2 is 1.79 bits per heavy atom. The van der Waals surface area contributed by atoms with Crippen LogP contribution >= 0.6 is 0 Å². The van der Waals surface area contributed by atoms with Gasteiger partial charge >= 0.3 is 0 Å². The van der Waals surface area contributed by atoms with Crippen molar-refractivity contribution in [3.05, 3.63) is 54.1 Å². The average Bonchev–Trinajstić information content (AvgIpc) is 2.57. The summed E-state index contributed by atoms with van der Waals surface area (Å²) in [6.45, 7) is 5.65. The molecule has 0 saturated heterocycles. The summed E-state index contributed by atoms with van der Waals surface area (Å²) in [7, 11) is 0. The molecule has 1 N–H and O–H groups in total. The van der Waals surface area contributed by atoms with Crippen LogP contribution in [-0.2, 0) is 4.79 Å². The van der Waals surface area contributed by atoms with Crippen LogP contribution < -0.4 is 14.8 Å². The van der Waals surface area contributed by atoms with E-state index < -0.39 is 6.10 Å². The van der Waals surface area contributed by atoms with E-state index in [4.69, 9.17) is 9.47 Å². The fraction of sp³-hybridized carbons (Fsp3) is 0.263. The largest absolute Gasteiger partial charge is 0.494 e. The molecule has 0 unspecified atom stereocenters. The van der Waals surface area contributed by atoms with Crippen molar-refractivity contribution in [1.82, 2.24) is 0 Å². The normalized spacial score (nSPS) is 11.5. The summed E-state index contributed by atoms with van der Waals surface area (Å²) in [6, 6.07) is 13.9. The second-order valence-corrected chi connectivity index (χ2v) is 5.29. The Balaban J connectivity index is 1.96. The summed E-state index contributed by atoms with van der Waals surface area (Å²) in [5.41, 5.74) is 1.21. The van der Waals surface area contributed by atoms with Crippen LogP contribution in [-0.4, -0.2) is 24.4 Å². The van der Waals surface area contributed by atoms with Crippen LogP contribution in [0.15, 0.2) is 48.5 Å². The fourth-order valence-corrected chi connectivity index (χ4v) is 2.09. The Labute approximate surface area is 141 Å². The zero-order chi connectivity index (χ0) is 17.5. The van der Waals surface area contributed by atoms with E-state index in [1.165, 1.54) is 6.92 Å². The summed E-state index contributed by atoms with van der Waals surface area (Å²) in [5.74, 6) is 0.914. The maximum atomic E-state index is 12.2. The first-order valence-corrected chi connectivity index (χ1v) is 7.81. The molecule has 0 aliphatic carbocycles. The molecule has 0 spiro atoms. The molecule has 5 heteroatoms. The highest BCUT2D eigenvalue weighted by Gasteiger charge is 2.15. The molecular weight excluding hydrogens is 306 g/mol. The highest BCUT2D eigenvalue weighted by molar-refractivity contribution is 5.95. The van der Waals surface area contributed by atoms with Crippen LogP contribution in [0, 0.1) is 0 Å². The number of carbonyl (C=O) groups is 2. The van der Waals surface area contributed by atoms with Crippen molar-refractivity contribution >= 4 is 17.4 Å². The van der Waals surface area contributed by atoms with Crippen molar-refractivity contribution < 1.29 is 19.1 Å². The van der Waals surface area contributed by atoms with Gasteiger partial charge in [-0.05, 0) is 57.2 Å². The zero-order valence-corrected chi connectivity index (χ0v) is 14.0. The molecule has 2 rings (SSSR count). The first-order valence-electron chi connectivity index (χ1n) is 7.81. The van der Waals surface area contributed by atoms with Crippen molar-refractivity contribution in [3.63, 3.8) is 0 Å². The van der Waals surface area contributed by atoms with Gasteiger partial charge in [0.15, 0.2) is 11.9 Å². The zero-order valence-electron chi connectivity index (χ0n) is 14.0. The van der Waals surface area contributed by atoms with Gasteiger partial charge in [0.05, 0.1) is 6.61 Å². The van der Waals surface area contributed by atoms with E-state index in [0.717, 1.165) is 5.75 Å². The molecular formula is C19H21NO4. The van der Waals surface area contributed by atoms with Gasteiger partial charge in [-0.2, -0.15) is 0 Å². The molecule has 126 valence electrons. The Morgan fingerprint density at radius 1 is 1.08 bits per heavy atom. The lowest BCUT2D eigenvalue weighted by Gasteiger charge is -2.15. The summed E-state index contributed by atoms with van der Waals surface area (Å²) >= 11 is 0. The highest BCUT2D eigenvalue weighted by atomic mass is 16.5. The Bertz CT molecular complexity index is 710. The van der Waals surface area contributed by atoms with Crippen molar-refractivity contribution in [2.75, 3.05) is 11.9 Å². The molecule has 0 fully saturated rings. The second kappa shape index (κ2) is 8.15. The minimum atomic E-state index is -0.696. The van der Waals surface area contributed by atoms with E-state index in [9.17, 15) is 9.59 Å². The molecule has 0 aliphatic rings. The van der Waals surface area contributed by atoms with Gasteiger partial charge in [-0.25, -0.2) is 0 Å². The molecule has 0 radical (unpaired) electrons. The smallest absolute Gasteiger partial charge is 0.265 e. The number of ether oxygens (including phenoxy) is 2. The summed E-state index contributed by atoms with van der Waals surface area (Å²) in [4.78, 5) is 23.6. The van der Waals surface area contributed by atoms with Gasteiger partial charge in [0.2, 0.25) is 0 Å². The van der Waals surface area contributed by atoms with Crippen LogP contribution in [0.5, 0.6) is 11.5 Å². The molecule has 2 aromatic rings. The highest BCUT2D eigenvalue weighted by Crippen LogP contribution is 2.18. The third-order valence-electron chi connectivity index (χ3n) is 3.36. The van der Waals surface area contributed by atoms with Crippen LogP contribution in [0.4, 0.5) is 5.69 Å². The molecule has 0 heterocycles. The predicted octanol–water partition coefficient (Wildman–Crippen LogP) is 3.69.